The van der Waals surface area contributed by atoms with E-state index in [4.69, 9.17) is 4.74 Å². The molecule has 8 heteroatoms. The number of nitrogens with one attached hydrogen (secondary N) is 1. The third kappa shape index (κ3) is 4.64. The number of sulfonamides is 1. The summed E-state index contributed by atoms with van der Waals surface area (Å²) in [6.07, 6.45) is 0. The van der Waals surface area contributed by atoms with Crippen LogP contribution in [0.3, 0.4) is 0 Å². The summed E-state index contributed by atoms with van der Waals surface area (Å²) in [6, 6.07) is 10.4. The molecule has 1 saturated heterocycles. The quantitative estimate of drug-likeness (QED) is 0.833. The van der Waals surface area contributed by atoms with Crippen LogP contribution in [-0.4, -0.2) is 46.2 Å². The third-order valence-corrected chi connectivity index (χ3v) is 5.77. The topological polar surface area (TPSA) is 58.6 Å². The first-order valence-corrected chi connectivity index (χ1v) is 9.76. The Labute approximate surface area is 151 Å². The molecule has 26 heavy (non-hydrogen) atoms. The zero-order valence-corrected chi connectivity index (χ0v) is 14.9. The van der Waals surface area contributed by atoms with E-state index in [9.17, 15) is 17.2 Å². The van der Waals surface area contributed by atoms with Crippen LogP contribution in [0.25, 0.3) is 0 Å². The molecule has 1 heterocycles. The van der Waals surface area contributed by atoms with Crippen molar-refractivity contribution in [3.05, 3.63) is 65.7 Å². The zero-order valence-electron chi connectivity index (χ0n) is 14.1. The SMILES string of the molecule is O=S(=O)(NC[C@H](c1ccc(F)cc1)N1CCOCC1)c1ccc(F)cc1. The minimum Gasteiger partial charge on any atom is -0.379 e. The van der Waals surface area contributed by atoms with Crippen molar-refractivity contribution < 1.29 is 21.9 Å². The van der Waals surface area contributed by atoms with Crippen LogP contribution in [0.2, 0.25) is 0 Å². The fourth-order valence-corrected chi connectivity index (χ4v) is 3.96. The molecule has 1 aliphatic heterocycles. The maximum Gasteiger partial charge on any atom is 0.240 e. The van der Waals surface area contributed by atoms with Crippen molar-refractivity contribution in [2.24, 2.45) is 0 Å². The Balaban J connectivity index is 1.78. The molecule has 0 aliphatic carbocycles. The first-order valence-electron chi connectivity index (χ1n) is 8.28. The molecule has 1 fully saturated rings. The molecule has 0 radical (unpaired) electrons. The monoisotopic (exact) mass is 382 g/mol. The van der Waals surface area contributed by atoms with Gasteiger partial charge in [-0.25, -0.2) is 21.9 Å². The van der Waals surface area contributed by atoms with Crippen molar-refractivity contribution in [3.63, 3.8) is 0 Å². The Morgan fingerprint density at radius 2 is 1.50 bits per heavy atom. The number of halogens is 2. The van der Waals surface area contributed by atoms with Gasteiger partial charge in [0.05, 0.1) is 18.1 Å². The number of rotatable bonds is 6. The average Bonchev–Trinajstić information content (AvgIpc) is 2.64. The average molecular weight is 382 g/mol. The molecule has 0 aromatic heterocycles. The lowest BCUT2D eigenvalue weighted by molar-refractivity contribution is 0.0172. The van der Waals surface area contributed by atoms with Gasteiger partial charge in [-0.05, 0) is 42.0 Å². The molecule has 140 valence electrons. The van der Waals surface area contributed by atoms with Crippen molar-refractivity contribution >= 4 is 10.0 Å². The molecule has 0 bridgehead atoms. The number of nitrogens with zero attached hydrogens (tertiary/aromatic N) is 1. The minimum atomic E-state index is -3.78. The van der Waals surface area contributed by atoms with Gasteiger partial charge >= 0.3 is 0 Å². The summed E-state index contributed by atoms with van der Waals surface area (Å²) in [5.41, 5.74) is 0.815. The van der Waals surface area contributed by atoms with Gasteiger partial charge in [0, 0.05) is 25.7 Å². The Morgan fingerprint density at radius 3 is 2.08 bits per heavy atom. The second kappa shape index (κ2) is 8.22. The van der Waals surface area contributed by atoms with Gasteiger partial charge in [0.1, 0.15) is 11.6 Å². The number of hydrogen-bond donors (Lipinski definition) is 1. The lowest BCUT2D eigenvalue weighted by atomic mass is 10.0. The van der Waals surface area contributed by atoms with E-state index in [1.165, 1.54) is 24.3 Å². The van der Waals surface area contributed by atoms with Gasteiger partial charge < -0.3 is 4.74 Å². The van der Waals surface area contributed by atoms with E-state index in [0.29, 0.717) is 26.3 Å². The summed E-state index contributed by atoms with van der Waals surface area (Å²) in [7, 11) is -3.78. The van der Waals surface area contributed by atoms with Gasteiger partial charge in [0.25, 0.3) is 0 Å². The van der Waals surface area contributed by atoms with Crippen LogP contribution in [0.5, 0.6) is 0 Å². The van der Waals surface area contributed by atoms with E-state index in [0.717, 1.165) is 17.7 Å². The van der Waals surface area contributed by atoms with Crippen LogP contribution < -0.4 is 4.72 Å². The van der Waals surface area contributed by atoms with Gasteiger partial charge in [-0.3, -0.25) is 4.90 Å². The molecule has 3 rings (SSSR count). The van der Waals surface area contributed by atoms with Gasteiger partial charge in [-0.15, -0.1) is 0 Å². The van der Waals surface area contributed by atoms with Crippen molar-refractivity contribution in [1.29, 1.82) is 0 Å². The standard InChI is InChI=1S/C18H20F2N2O3S/c19-15-3-1-14(2-4-15)18(22-9-11-25-12-10-22)13-21-26(23,24)17-7-5-16(20)6-8-17/h1-8,18,21H,9-13H2/t18-/m1/s1. The molecule has 2 aromatic carbocycles. The molecule has 0 unspecified atom stereocenters. The Bertz CT molecular complexity index is 821. The van der Waals surface area contributed by atoms with E-state index in [-0.39, 0.29) is 23.3 Å². The third-order valence-electron chi connectivity index (χ3n) is 4.33. The largest absolute Gasteiger partial charge is 0.379 e. The fourth-order valence-electron chi connectivity index (χ4n) is 2.92. The molecule has 2 aromatic rings. The Morgan fingerprint density at radius 1 is 0.962 bits per heavy atom. The second-order valence-electron chi connectivity index (χ2n) is 6.02. The molecule has 0 amide bonds. The zero-order chi connectivity index (χ0) is 18.6. The first kappa shape index (κ1) is 18.9. The van der Waals surface area contributed by atoms with E-state index >= 15 is 0 Å². The normalized spacial score (nSPS) is 17.2. The summed E-state index contributed by atoms with van der Waals surface area (Å²) in [4.78, 5) is 2.10. The highest BCUT2D eigenvalue weighted by molar-refractivity contribution is 7.89. The van der Waals surface area contributed by atoms with E-state index < -0.39 is 15.8 Å². The van der Waals surface area contributed by atoms with Gasteiger partial charge in [0.2, 0.25) is 10.0 Å². The van der Waals surface area contributed by atoms with Crippen molar-refractivity contribution in [2.45, 2.75) is 10.9 Å². The summed E-state index contributed by atoms with van der Waals surface area (Å²) in [5, 5.41) is 0. The molecular weight excluding hydrogens is 362 g/mol. The molecular formula is C18H20F2N2O3S. The van der Waals surface area contributed by atoms with Crippen LogP contribution in [0, 0.1) is 11.6 Å². The van der Waals surface area contributed by atoms with Crippen LogP contribution in [-0.2, 0) is 14.8 Å². The van der Waals surface area contributed by atoms with Gasteiger partial charge in [0.15, 0.2) is 0 Å². The summed E-state index contributed by atoms with van der Waals surface area (Å²) >= 11 is 0. The number of hydrogen-bond acceptors (Lipinski definition) is 4. The molecule has 5 nitrogen and oxygen atoms in total. The van der Waals surface area contributed by atoms with E-state index in [1.807, 2.05) is 0 Å². The fraction of sp³-hybridized carbons (Fsp3) is 0.333. The van der Waals surface area contributed by atoms with Crippen molar-refractivity contribution in [1.82, 2.24) is 9.62 Å². The highest BCUT2D eigenvalue weighted by atomic mass is 32.2. The Kier molecular flexibility index (Phi) is 5.98. The maximum absolute atomic E-state index is 13.2. The highest BCUT2D eigenvalue weighted by Gasteiger charge is 2.25. The summed E-state index contributed by atoms with van der Waals surface area (Å²) in [5.74, 6) is -0.845. The molecule has 1 aliphatic rings. The lowest BCUT2D eigenvalue weighted by Gasteiger charge is -2.34. The summed E-state index contributed by atoms with van der Waals surface area (Å²) in [6.45, 7) is 2.54. The molecule has 0 spiro atoms. The Hall–Kier alpha value is -1.87. The van der Waals surface area contributed by atoms with Crippen LogP contribution in [0.15, 0.2) is 53.4 Å². The highest BCUT2D eigenvalue weighted by Crippen LogP contribution is 2.22. The lowest BCUT2D eigenvalue weighted by Crippen LogP contribution is -2.43. The number of benzene rings is 2. The molecule has 1 atom stereocenters. The van der Waals surface area contributed by atoms with Crippen LogP contribution >= 0.6 is 0 Å². The predicted octanol–water partition coefficient (Wildman–Crippen LogP) is 2.32. The van der Waals surface area contributed by atoms with Gasteiger partial charge in [-0.1, -0.05) is 12.1 Å². The predicted molar refractivity (Wildman–Crippen MR) is 93.1 cm³/mol. The smallest absolute Gasteiger partial charge is 0.240 e. The van der Waals surface area contributed by atoms with Crippen molar-refractivity contribution in [3.8, 4) is 0 Å². The minimum absolute atomic E-state index is 0.00117. The number of ether oxygens (including phenoxy) is 1. The molecule has 1 N–H and O–H groups in total. The molecule has 0 saturated carbocycles. The van der Waals surface area contributed by atoms with Crippen LogP contribution in [0.1, 0.15) is 11.6 Å². The second-order valence-corrected chi connectivity index (χ2v) is 7.79. The van der Waals surface area contributed by atoms with E-state index in [1.54, 1.807) is 12.1 Å². The maximum atomic E-state index is 13.2. The van der Waals surface area contributed by atoms with E-state index in [2.05, 4.69) is 9.62 Å². The summed E-state index contributed by atoms with van der Waals surface area (Å²) < 4.78 is 59.2. The van der Waals surface area contributed by atoms with Gasteiger partial charge in [-0.2, -0.15) is 0 Å². The van der Waals surface area contributed by atoms with Crippen LogP contribution in [0.4, 0.5) is 8.78 Å². The first-order chi connectivity index (χ1) is 12.5. The number of morpholine rings is 1. The van der Waals surface area contributed by atoms with Crippen molar-refractivity contribution in [2.75, 3.05) is 32.8 Å².